The number of likely N-dealkylation sites (tertiary alicyclic amines) is 2. The molecule has 2 fully saturated rings. The zero-order valence-corrected chi connectivity index (χ0v) is 33.5. The molecule has 2 N–H and O–H groups in total. The van der Waals surface area contributed by atoms with Crippen molar-refractivity contribution >= 4 is 33.4 Å². The van der Waals surface area contributed by atoms with Gasteiger partial charge in [-0.1, -0.05) is 0 Å². The molecule has 55 heavy (non-hydrogen) atoms. The van der Waals surface area contributed by atoms with Crippen LogP contribution in [-0.4, -0.2) is 110 Å². The van der Waals surface area contributed by atoms with Gasteiger partial charge in [-0.05, 0) is 86.3 Å². The molecule has 2 saturated heterocycles. The lowest BCUT2D eigenvalue weighted by molar-refractivity contribution is 0.169. The number of aromatic nitrogens is 10. The summed E-state index contributed by atoms with van der Waals surface area (Å²) in [5, 5.41) is 27.8. The summed E-state index contributed by atoms with van der Waals surface area (Å²) in [4.78, 5) is 19.7. The Balaban J connectivity index is 0.000000144. The molecule has 14 nitrogen and oxygen atoms in total. The number of piperidine rings is 2. The van der Waals surface area contributed by atoms with Gasteiger partial charge in [0.1, 0.15) is 23.0 Å². The maximum absolute atomic E-state index is 4.93. The summed E-state index contributed by atoms with van der Waals surface area (Å²) in [5.74, 6) is 2.11. The summed E-state index contributed by atoms with van der Waals surface area (Å²) in [6.45, 7) is 22.6. The fourth-order valence-corrected chi connectivity index (χ4v) is 9.17. The predicted molar refractivity (Wildman–Crippen MR) is 218 cm³/mol. The van der Waals surface area contributed by atoms with Crippen molar-refractivity contribution in [1.29, 1.82) is 0 Å². The molecule has 0 aliphatic carbocycles. The highest BCUT2D eigenvalue weighted by atomic mass is 15.3. The standard InChI is InChI=1S/C21H29N7.C20H27N7/c1-13(2)26-9-6-15(7-10-26)27-12-18-16(11-28(25-18)14(3)4)20-19-17(23-24-20)5-8-22-21(19)27;1-4-26-11-15-17(24-26)12-27(14-6-9-25(10-7-14)13(2)3)20-18-16(5-8-21-20)22-23-19(15)18/h5,8,11,13-15H,6-7,9-10,12H2,1-4H3,(H,23,24);5,8,11,13-14H,4,6-7,9-10,12H2,1-3H3,(H,22,23). The number of anilines is 2. The molecule has 0 amide bonds. The SMILES string of the molecule is CC(C)N1CCC(N2Cc3nn(C(C)C)cc3-c3n[nH]c4ccnc2c34)CC1.CCn1cc2c(n1)CN(C1CCN(C(C)C)CC1)c1nccc3[nH]nc-2c13. The number of nitrogens with one attached hydrogen (secondary N) is 2. The van der Waals surface area contributed by atoms with Crippen LogP contribution in [0, 0.1) is 0 Å². The number of hydrogen-bond acceptors (Lipinski definition) is 10. The number of H-pyrrole nitrogens is 2. The van der Waals surface area contributed by atoms with Gasteiger partial charge in [0.05, 0.1) is 46.3 Å². The average Bonchev–Trinajstić information content (AvgIpc) is 3.98. The van der Waals surface area contributed by atoms with E-state index in [1.54, 1.807) is 0 Å². The van der Waals surface area contributed by atoms with E-state index in [4.69, 9.17) is 20.2 Å². The van der Waals surface area contributed by atoms with Crippen molar-refractivity contribution in [1.82, 2.24) is 59.7 Å². The Morgan fingerprint density at radius 1 is 0.636 bits per heavy atom. The number of pyridine rings is 2. The second kappa shape index (κ2) is 14.4. The molecule has 0 bridgehead atoms. The lowest BCUT2D eigenvalue weighted by atomic mass is 10.0. The van der Waals surface area contributed by atoms with Crippen molar-refractivity contribution < 1.29 is 0 Å². The molecule has 6 aromatic heterocycles. The van der Waals surface area contributed by atoms with Gasteiger partial charge in [-0.2, -0.15) is 20.4 Å². The van der Waals surface area contributed by atoms with Gasteiger partial charge in [0, 0.05) is 98.8 Å². The smallest absolute Gasteiger partial charge is 0.140 e. The molecule has 4 aliphatic heterocycles. The first-order valence-corrected chi connectivity index (χ1v) is 20.5. The van der Waals surface area contributed by atoms with Crippen LogP contribution < -0.4 is 9.80 Å². The highest BCUT2D eigenvalue weighted by Gasteiger charge is 2.35. The molecule has 4 aliphatic rings. The predicted octanol–water partition coefficient (Wildman–Crippen LogP) is 6.63. The molecule has 0 saturated carbocycles. The molecule has 14 heteroatoms. The van der Waals surface area contributed by atoms with Crippen molar-refractivity contribution in [2.45, 2.75) is 124 Å². The van der Waals surface area contributed by atoms with E-state index < -0.39 is 0 Å². The van der Waals surface area contributed by atoms with E-state index in [0.717, 1.165) is 139 Å². The normalized spacial score (nSPS) is 18.3. The highest BCUT2D eigenvalue weighted by molar-refractivity contribution is 6.03. The quantitative estimate of drug-likeness (QED) is 0.192. The van der Waals surface area contributed by atoms with Crippen LogP contribution in [0.25, 0.3) is 44.3 Å². The van der Waals surface area contributed by atoms with E-state index >= 15 is 0 Å². The zero-order valence-electron chi connectivity index (χ0n) is 33.5. The first kappa shape index (κ1) is 35.9. The summed E-state index contributed by atoms with van der Waals surface area (Å²) < 4.78 is 4.08. The van der Waals surface area contributed by atoms with Crippen molar-refractivity contribution in [3.05, 3.63) is 48.3 Å². The Bertz CT molecular complexity index is 2270. The summed E-state index contributed by atoms with van der Waals surface area (Å²) in [6.07, 6.45) is 12.7. The monoisotopic (exact) mass is 744 g/mol. The first-order chi connectivity index (χ1) is 26.7. The number of nitrogens with zero attached hydrogens (tertiary/aromatic N) is 12. The van der Waals surface area contributed by atoms with Crippen LogP contribution >= 0.6 is 0 Å². The molecule has 0 atom stereocenters. The van der Waals surface area contributed by atoms with Crippen molar-refractivity contribution in [3.8, 4) is 22.5 Å². The summed E-state index contributed by atoms with van der Waals surface area (Å²) >= 11 is 0. The van der Waals surface area contributed by atoms with Gasteiger partial charge in [0.25, 0.3) is 0 Å². The van der Waals surface area contributed by atoms with Crippen LogP contribution in [0.5, 0.6) is 0 Å². The van der Waals surface area contributed by atoms with Crippen LogP contribution in [0.4, 0.5) is 11.6 Å². The molecule has 0 radical (unpaired) electrons. The molecule has 290 valence electrons. The second-order valence-corrected chi connectivity index (χ2v) is 16.6. The first-order valence-electron chi connectivity index (χ1n) is 20.5. The Labute approximate surface area is 323 Å². The molecule has 6 aromatic rings. The van der Waals surface area contributed by atoms with Gasteiger partial charge in [-0.15, -0.1) is 0 Å². The fourth-order valence-electron chi connectivity index (χ4n) is 9.17. The van der Waals surface area contributed by atoms with Crippen LogP contribution in [0.3, 0.4) is 0 Å². The molecular weight excluding hydrogens is 689 g/mol. The third-order valence-corrected chi connectivity index (χ3v) is 12.4. The molecule has 0 spiro atoms. The Hall–Kier alpha value is -4.82. The maximum Gasteiger partial charge on any atom is 0.140 e. The highest BCUT2D eigenvalue weighted by Crippen LogP contribution is 2.42. The van der Waals surface area contributed by atoms with Crippen LogP contribution in [0.2, 0.25) is 0 Å². The number of aryl methyl sites for hydroxylation is 1. The molecule has 10 heterocycles. The number of fused-ring (bicyclic) bond motifs is 4. The van der Waals surface area contributed by atoms with Crippen molar-refractivity contribution in [2.24, 2.45) is 0 Å². The van der Waals surface area contributed by atoms with E-state index in [0.29, 0.717) is 30.2 Å². The minimum Gasteiger partial charge on any atom is -0.347 e. The van der Waals surface area contributed by atoms with E-state index in [9.17, 15) is 0 Å². The van der Waals surface area contributed by atoms with Gasteiger partial charge in [0.2, 0.25) is 0 Å². The largest absolute Gasteiger partial charge is 0.347 e. The molecular formula is C41H56N14. The topological polar surface area (TPSA) is 132 Å². The van der Waals surface area contributed by atoms with Crippen LogP contribution in [0.1, 0.15) is 91.6 Å². The fraction of sp³-hybridized carbons (Fsp3) is 0.561. The number of hydrogen-bond donors (Lipinski definition) is 2. The van der Waals surface area contributed by atoms with E-state index in [-0.39, 0.29) is 0 Å². The maximum atomic E-state index is 4.93. The summed E-state index contributed by atoms with van der Waals surface area (Å²) in [6, 6.07) is 6.56. The Kier molecular flexibility index (Phi) is 9.36. The van der Waals surface area contributed by atoms with Crippen LogP contribution in [-0.2, 0) is 19.6 Å². The third-order valence-electron chi connectivity index (χ3n) is 12.4. The van der Waals surface area contributed by atoms with Crippen molar-refractivity contribution in [2.75, 3.05) is 36.0 Å². The van der Waals surface area contributed by atoms with Gasteiger partial charge in [-0.25, -0.2) is 9.97 Å². The summed E-state index contributed by atoms with van der Waals surface area (Å²) in [7, 11) is 0. The van der Waals surface area contributed by atoms with Gasteiger partial charge >= 0.3 is 0 Å². The van der Waals surface area contributed by atoms with Gasteiger partial charge < -0.3 is 19.6 Å². The minimum absolute atomic E-state index is 0.331. The average molecular weight is 745 g/mol. The Morgan fingerprint density at radius 3 is 1.56 bits per heavy atom. The minimum atomic E-state index is 0.331. The molecule has 0 aromatic carbocycles. The van der Waals surface area contributed by atoms with Gasteiger partial charge in [-0.3, -0.25) is 19.6 Å². The Morgan fingerprint density at radius 2 is 1.11 bits per heavy atom. The number of rotatable bonds is 6. The summed E-state index contributed by atoms with van der Waals surface area (Å²) in [5.41, 5.74) is 8.57. The third kappa shape index (κ3) is 6.36. The van der Waals surface area contributed by atoms with Crippen molar-refractivity contribution in [3.63, 3.8) is 0 Å². The number of aromatic amines is 2. The lowest BCUT2D eigenvalue weighted by Gasteiger charge is -2.40. The second-order valence-electron chi connectivity index (χ2n) is 16.6. The van der Waals surface area contributed by atoms with Gasteiger partial charge in [0.15, 0.2) is 0 Å². The van der Waals surface area contributed by atoms with E-state index in [1.165, 1.54) is 0 Å². The zero-order chi connectivity index (χ0) is 38.0. The molecule has 0 unspecified atom stereocenters. The van der Waals surface area contributed by atoms with Crippen LogP contribution in [0.15, 0.2) is 36.9 Å². The molecule has 10 rings (SSSR count). The van der Waals surface area contributed by atoms with E-state index in [1.807, 2.05) is 29.2 Å². The lowest BCUT2D eigenvalue weighted by Crippen LogP contribution is -2.47. The van der Waals surface area contributed by atoms with E-state index in [2.05, 4.69) is 106 Å².